The number of nitrogens with one attached hydrogen (secondary N) is 1. The zero-order chi connectivity index (χ0) is 13.2. The van der Waals surface area contributed by atoms with Crippen LogP contribution < -0.4 is 5.32 Å². The van der Waals surface area contributed by atoms with Gasteiger partial charge in [-0.2, -0.15) is 0 Å². The lowest BCUT2D eigenvalue weighted by molar-refractivity contribution is 0.360. The molecule has 1 aromatic rings. The summed E-state index contributed by atoms with van der Waals surface area (Å²) < 4.78 is 1.07. The SMILES string of the molecule is CC1CCC(Nc2ncc(Br)c(C3CCC3)n2)CC1. The Hall–Kier alpha value is -0.640. The number of hydrogen-bond acceptors (Lipinski definition) is 3. The molecule has 19 heavy (non-hydrogen) atoms. The highest BCUT2D eigenvalue weighted by Crippen LogP contribution is 2.38. The van der Waals surface area contributed by atoms with E-state index in [9.17, 15) is 0 Å². The molecule has 104 valence electrons. The van der Waals surface area contributed by atoms with Crippen molar-refractivity contribution in [3.63, 3.8) is 0 Å². The van der Waals surface area contributed by atoms with Crippen LogP contribution in [0.5, 0.6) is 0 Å². The molecule has 3 rings (SSSR count). The smallest absolute Gasteiger partial charge is 0.223 e. The third-order valence-electron chi connectivity index (χ3n) is 4.61. The molecule has 2 fully saturated rings. The molecule has 0 unspecified atom stereocenters. The van der Waals surface area contributed by atoms with Gasteiger partial charge in [-0.25, -0.2) is 9.97 Å². The fraction of sp³-hybridized carbons (Fsp3) is 0.733. The first-order chi connectivity index (χ1) is 9.22. The maximum Gasteiger partial charge on any atom is 0.223 e. The average molecular weight is 324 g/mol. The molecule has 0 spiro atoms. The molecular weight excluding hydrogens is 302 g/mol. The fourth-order valence-corrected chi connectivity index (χ4v) is 3.52. The molecule has 0 saturated heterocycles. The van der Waals surface area contributed by atoms with Gasteiger partial charge < -0.3 is 5.32 Å². The number of hydrogen-bond donors (Lipinski definition) is 1. The lowest BCUT2D eigenvalue weighted by atomic mass is 9.83. The van der Waals surface area contributed by atoms with Crippen molar-refractivity contribution in [3.05, 3.63) is 16.4 Å². The maximum absolute atomic E-state index is 4.74. The van der Waals surface area contributed by atoms with Gasteiger partial charge in [-0.1, -0.05) is 13.3 Å². The van der Waals surface area contributed by atoms with Crippen molar-refractivity contribution in [2.75, 3.05) is 5.32 Å². The highest BCUT2D eigenvalue weighted by atomic mass is 79.9. The van der Waals surface area contributed by atoms with Gasteiger partial charge in [-0.15, -0.1) is 0 Å². The van der Waals surface area contributed by atoms with Crippen molar-refractivity contribution >= 4 is 21.9 Å². The summed E-state index contributed by atoms with van der Waals surface area (Å²) in [5.41, 5.74) is 1.20. The average Bonchev–Trinajstić information content (AvgIpc) is 2.34. The third kappa shape index (κ3) is 3.10. The molecular formula is C15H22BrN3. The van der Waals surface area contributed by atoms with Gasteiger partial charge in [0.2, 0.25) is 5.95 Å². The third-order valence-corrected chi connectivity index (χ3v) is 5.22. The van der Waals surface area contributed by atoms with E-state index in [-0.39, 0.29) is 0 Å². The summed E-state index contributed by atoms with van der Waals surface area (Å²) >= 11 is 3.59. The molecule has 0 radical (unpaired) electrons. The van der Waals surface area contributed by atoms with E-state index in [1.807, 2.05) is 6.20 Å². The van der Waals surface area contributed by atoms with Crippen molar-refractivity contribution in [2.24, 2.45) is 5.92 Å². The van der Waals surface area contributed by atoms with Crippen molar-refractivity contribution in [3.8, 4) is 0 Å². The molecule has 3 nitrogen and oxygen atoms in total. The molecule has 1 heterocycles. The van der Waals surface area contributed by atoms with Crippen LogP contribution in [0.4, 0.5) is 5.95 Å². The topological polar surface area (TPSA) is 37.8 Å². The van der Waals surface area contributed by atoms with E-state index in [4.69, 9.17) is 4.98 Å². The Labute approximate surface area is 123 Å². The zero-order valence-corrected chi connectivity index (χ0v) is 13.1. The lowest BCUT2D eigenvalue weighted by Gasteiger charge is -2.28. The maximum atomic E-state index is 4.74. The fourth-order valence-electron chi connectivity index (χ4n) is 3.00. The van der Waals surface area contributed by atoms with Gasteiger partial charge in [-0.05, 0) is 60.4 Å². The Morgan fingerprint density at radius 2 is 1.89 bits per heavy atom. The van der Waals surface area contributed by atoms with E-state index in [0.29, 0.717) is 12.0 Å². The largest absolute Gasteiger partial charge is 0.351 e. The number of aromatic nitrogens is 2. The van der Waals surface area contributed by atoms with E-state index >= 15 is 0 Å². The van der Waals surface area contributed by atoms with Crippen LogP contribution in [-0.4, -0.2) is 16.0 Å². The van der Waals surface area contributed by atoms with Crippen LogP contribution in [0.15, 0.2) is 10.7 Å². The summed E-state index contributed by atoms with van der Waals surface area (Å²) in [6.07, 6.45) is 10.9. The molecule has 0 amide bonds. The van der Waals surface area contributed by atoms with Crippen molar-refractivity contribution in [2.45, 2.75) is 63.8 Å². The van der Waals surface area contributed by atoms with Crippen molar-refractivity contribution in [1.29, 1.82) is 0 Å². The molecule has 0 bridgehead atoms. The Morgan fingerprint density at radius 1 is 1.16 bits per heavy atom. The quantitative estimate of drug-likeness (QED) is 0.890. The van der Waals surface area contributed by atoms with Gasteiger partial charge in [0.05, 0.1) is 10.2 Å². The van der Waals surface area contributed by atoms with Crippen LogP contribution in [-0.2, 0) is 0 Å². The van der Waals surface area contributed by atoms with E-state index in [1.54, 1.807) is 0 Å². The van der Waals surface area contributed by atoms with E-state index in [1.165, 1.54) is 50.6 Å². The molecule has 2 saturated carbocycles. The Bertz CT molecular complexity index is 437. The summed E-state index contributed by atoms with van der Waals surface area (Å²) in [5.74, 6) is 2.35. The monoisotopic (exact) mass is 323 g/mol. The summed E-state index contributed by atoms with van der Waals surface area (Å²) in [6.45, 7) is 2.35. The van der Waals surface area contributed by atoms with Gasteiger partial charge in [0.1, 0.15) is 0 Å². The van der Waals surface area contributed by atoms with Gasteiger partial charge >= 0.3 is 0 Å². The molecule has 2 aliphatic rings. The molecule has 1 N–H and O–H groups in total. The lowest BCUT2D eigenvalue weighted by Crippen LogP contribution is -2.26. The summed E-state index contributed by atoms with van der Waals surface area (Å²) in [5, 5.41) is 3.53. The standard InChI is InChI=1S/C15H22BrN3/c1-10-5-7-12(8-6-10)18-15-17-9-13(16)14(19-15)11-3-2-4-11/h9-12H,2-8H2,1H3,(H,17,18,19). The highest BCUT2D eigenvalue weighted by molar-refractivity contribution is 9.10. The molecule has 0 aromatic carbocycles. The number of halogens is 1. The predicted octanol–water partition coefficient (Wildman–Crippen LogP) is 4.50. The first kappa shape index (κ1) is 13.3. The summed E-state index contributed by atoms with van der Waals surface area (Å²) in [7, 11) is 0. The van der Waals surface area contributed by atoms with Crippen LogP contribution in [0.1, 0.15) is 63.5 Å². The van der Waals surface area contributed by atoms with Crippen molar-refractivity contribution < 1.29 is 0 Å². The minimum atomic E-state index is 0.562. The summed E-state index contributed by atoms with van der Waals surface area (Å²) in [6, 6.07) is 0.562. The van der Waals surface area contributed by atoms with Crippen LogP contribution in [0.3, 0.4) is 0 Å². The van der Waals surface area contributed by atoms with Gasteiger partial charge in [0.15, 0.2) is 0 Å². The molecule has 1 aromatic heterocycles. The first-order valence-corrected chi connectivity index (χ1v) is 8.30. The summed E-state index contributed by atoms with van der Waals surface area (Å²) in [4.78, 5) is 9.16. The number of rotatable bonds is 3. The second kappa shape index (κ2) is 5.78. The van der Waals surface area contributed by atoms with Gasteiger partial charge in [0, 0.05) is 18.2 Å². The Balaban J connectivity index is 1.67. The van der Waals surface area contributed by atoms with Crippen LogP contribution in [0.2, 0.25) is 0 Å². The minimum absolute atomic E-state index is 0.562. The van der Waals surface area contributed by atoms with Gasteiger partial charge in [0.25, 0.3) is 0 Å². The molecule has 4 heteroatoms. The van der Waals surface area contributed by atoms with Crippen LogP contribution in [0.25, 0.3) is 0 Å². The normalized spacial score (nSPS) is 27.9. The molecule has 0 atom stereocenters. The first-order valence-electron chi connectivity index (χ1n) is 7.51. The Morgan fingerprint density at radius 3 is 2.53 bits per heavy atom. The zero-order valence-electron chi connectivity index (χ0n) is 11.5. The second-order valence-corrected chi connectivity index (χ2v) is 7.01. The van der Waals surface area contributed by atoms with Crippen LogP contribution >= 0.6 is 15.9 Å². The number of nitrogens with zero attached hydrogens (tertiary/aromatic N) is 2. The molecule has 2 aliphatic carbocycles. The van der Waals surface area contributed by atoms with Crippen molar-refractivity contribution in [1.82, 2.24) is 9.97 Å². The minimum Gasteiger partial charge on any atom is -0.351 e. The highest BCUT2D eigenvalue weighted by Gasteiger charge is 2.24. The predicted molar refractivity (Wildman–Crippen MR) is 81.4 cm³/mol. The number of anilines is 1. The van der Waals surface area contributed by atoms with Crippen LogP contribution in [0, 0.1) is 5.92 Å². The van der Waals surface area contributed by atoms with E-state index in [2.05, 4.69) is 33.2 Å². The van der Waals surface area contributed by atoms with E-state index < -0.39 is 0 Å². The van der Waals surface area contributed by atoms with Gasteiger partial charge in [-0.3, -0.25) is 0 Å². The Kier molecular flexibility index (Phi) is 4.06. The van der Waals surface area contributed by atoms with E-state index in [0.717, 1.165) is 16.3 Å². The second-order valence-electron chi connectivity index (χ2n) is 6.16. The molecule has 0 aliphatic heterocycles.